The topological polar surface area (TPSA) is 58.4 Å². The third-order valence-electron chi connectivity index (χ3n) is 2.95. The summed E-state index contributed by atoms with van der Waals surface area (Å²) in [4.78, 5) is 13.7. The van der Waals surface area contributed by atoms with Crippen molar-refractivity contribution in [2.24, 2.45) is 0 Å². The highest BCUT2D eigenvalue weighted by atomic mass is 16.2. The van der Waals surface area contributed by atoms with Crippen LogP contribution in [0.1, 0.15) is 18.4 Å². The first-order chi connectivity index (χ1) is 8.20. The zero-order chi connectivity index (χ0) is 12.3. The number of carbonyl (C=O) groups excluding carboxylic acids is 1. The Hall–Kier alpha value is -1.97. The fraction of sp³-hybridized carbons (Fsp3) is 0.308. The largest absolute Gasteiger partial charge is 0.397 e. The van der Waals surface area contributed by atoms with Crippen LogP contribution in [0.5, 0.6) is 0 Å². The second kappa shape index (κ2) is 4.91. The monoisotopic (exact) mass is 231 g/mol. The summed E-state index contributed by atoms with van der Waals surface area (Å²) in [5.74, 6) is 0. The van der Waals surface area contributed by atoms with Crippen molar-refractivity contribution in [3.8, 4) is 0 Å². The molecule has 1 aromatic carbocycles. The third-order valence-corrected chi connectivity index (χ3v) is 2.95. The molecule has 0 unspecified atom stereocenters. The Morgan fingerprint density at radius 3 is 2.76 bits per heavy atom. The second-order valence-electron chi connectivity index (χ2n) is 4.18. The molecule has 2 amide bonds. The number of amides is 2. The highest BCUT2D eigenvalue weighted by molar-refractivity contribution is 5.93. The molecule has 1 fully saturated rings. The van der Waals surface area contributed by atoms with Crippen LogP contribution in [0.25, 0.3) is 6.08 Å². The number of hydrogen-bond acceptors (Lipinski definition) is 2. The molecule has 1 aliphatic rings. The molecular formula is C13H17N3O. The van der Waals surface area contributed by atoms with E-state index >= 15 is 0 Å². The number of nitrogens with zero attached hydrogens (tertiary/aromatic N) is 1. The minimum Gasteiger partial charge on any atom is -0.397 e. The number of nitrogens with two attached hydrogens (primary N) is 1. The smallest absolute Gasteiger partial charge is 0.321 e. The van der Waals surface area contributed by atoms with Crippen LogP contribution >= 0.6 is 0 Å². The third kappa shape index (κ3) is 2.58. The van der Waals surface area contributed by atoms with E-state index < -0.39 is 0 Å². The predicted molar refractivity (Wildman–Crippen MR) is 70.8 cm³/mol. The minimum atomic E-state index is -0.0737. The summed E-state index contributed by atoms with van der Waals surface area (Å²) in [6.45, 7) is 5.35. The molecule has 4 heteroatoms. The summed E-state index contributed by atoms with van der Waals surface area (Å²) in [6, 6.07) is 5.40. The van der Waals surface area contributed by atoms with Crippen LogP contribution in [0, 0.1) is 0 Å². The first-order valence-electron chi connectivity index (χ1n) is 5.78. The molecular weight excluding hydrogens is 214 g/mol. The summed E-state index contributed by atoms with van der Waals surface area (Å²) >= 11 is 0. The van der Waals surface area contributed by atoms with Crippen molar-refractivity contribution in [3.63, 3.8) is 0 Å². The van der Waals surface area contributed by atoms with Gasteiger partial charge in [-0.05, 0) is 30.5 Å². The average molecular weight is 231 g/mol. The van der Waals surface area contributed by atoms with Crippen LogP contribution in [0.3, 0.4) is 0 Å². The number of nitrogen functional groups attached to an aromatic ring is 1. The first kappa shape index (κ1) is 11.5. The summed E-state index contributed by atoms with van der Waals surface area (Å²) in [7, 11) is 0. The van der Waals surface area contributed by atoms with Gasteiger partial charge in [0.05, 0.1) is 11.4 Å². The Kier molecular flexibility index (Phi) is 3.32. The molecule has 1 aromatic rings. The Morgan fingerprint density at radius 1 is 1.41 bits per heavy atom. The van der Waals surface area contributed by atoms with Crippen molar-refractivity contribution < 1.29 is 4.79 Å². The van der Waals surface area contributed by atoms with Crippen LogP contribution in [0.4, 0.5) is 16.2 Å². The molecule has 0 saturated carbocycles. The van der Waals surface area contributed by atoms with E-state index in [-0.39, 0.29) is 6.03 Å². The molecule has 3 N–H and O–H groups in total. The van der Waals surface area contributed by atoms with Gasteiger partial charge < -0.3 is 16.0 Å². The van der Waals surface area contributed by atoms with Crippen LogP contribution in [0.2, 0.25) is 0 Å². The maximum absolute atomic E-state index is 11.9. The van der Waals surface area contributed by atoms with Gasteiger partial charge in [-0.25, -0.2) is 4.79 Å². The minimum absolute atomic E-state index is 0.0737. The molecule has 4 nitrogen and oxygen atoms in total. The molecule has 0 atom stereocenters. The van der Waals surface area contributed by atoms with Gasteiger partial charge in [0.2, 0.25) is 0 Å². The SMILES string of the molecule is C=Cc1ccc(N)c(NC(=O)N2CCCC2)c1. The Morgan fingerprint density at radius 2 is 2.12 bits per heavy atom. The van der Waals surface area contributed by atoms with Gasteiger partial charge in [0.1, 0.15) is 0 Å². The standard InChI is InChI=1S/C13H17N3O/c1-2-10-5-6-11(14)12(9-10)15-13(17)16-7-3-4-8-16/h2,5-6,9H,1,3-4,7-8,14H2,(H,15,17). The van der Waals surface area contributed by atoms with Crippen molar-refractivity contribution >= 4 is 23.5 Å². The molecule has 0 aliphatic carbocycles. The van der Waals surface area contributed by atoms with E-state index in [1.807, 2.05) is 12.1 Å². The van der Waals surface area contributed by atoms with E-state index in [0.717, 1.165) is 31.5 Å². The fourth-order valence-electron chi connectivity index (χ4n) is 1.92. The van der Waals surface area contributed by atoms with Crippen LogP contribution in [-0.4, -0.2) is 24.0 Å². The molecule has 1 heterocycles. The summed E-state index contributed by atoms with van der Waals surface area (Å²) in [5, 5.41) is 2.84. The van der Waals surface area contributed by atoms with Crippen molar-refractivity contribution in [2.75, 3.05) is 24.1 Å². The van der Waals surface area contributed by atoms with Gasteiger partial charge in [-0.2, -0.15) is 0 Å². The zero-order valence-corrected chi connectivity index (χ0v) is 9.78. The number of urea groups is 1. The van der Waals surface area contributed by atoms with Gasteiger partial charge in [0.15, 0.2) is 0 Å². The van der Waals surface area contributed by atoms with Gasteiger partial charge in [-0.15, -0.1) is 0 Å². The van der Waals surface area contributed by atoms with E-state index in [1.165, 1.54) is 0 Å². The van der Waals surface area contributed by atoms with Gasteiger partial charge in [-0.3, -0.25) is 0 Å². The van der Waals surface area contributed by atoms with E-state index in [2.05, 4.69) is 11.9 Å². The molecule has 90 valence electrons. The lowest BCUT2D eigenvalue weighted by Gasteiger charge is -2.17. The van der Waals surface area contributed by atoms with Crippen molar-refractivity contribution in [3.05, 3.63) is 30.3 Å². The Labute approximate surface area is 101 Å². The number of carbonyl (C=O) groups is 1. The lowest BCUT2D eigenvalue weighted by atomic mass is 10.2. The van der Waals surface area contributed by atoms with E-state index in [9.17, 15) is 4.79 Å². The molecule has 17 heavy (non-hydrogen) atoms. The van der Waals surface area contributed by atoms with E-state index in [0.29, 0.717) is 11.4 Å². The number of nitrogens with one attached hydrogen (secondary N) is 1. The fourth-order valence-corrected chi connectivity index (χ4v) is 1.92. The van der Waals surface area contributed by atoms with Crippen LogP contribution in [-0.2, 0) is 0 Å². The van der Waals surface area contributed by atoms with Crippen LogP contribution in [0.15, 0.2) is 24.8 Å². The number of hydrogen-bond donors (Lipinski definition) is 2. The molecule has 0 aromatic heterocycles. The van der Waals surface area contributed by atoms with E-state index in [1.54, 1.807) is 17.0 Å². The van der Waals surface area contributed by atoms with Crippen molar-refractivity contribution in [1.29, 1.82) is 0 Å². The molecule has 2 rings (SSSR count). The van der Waals surface area contributed by atoms with Crippen LogP contribution < -0.4 is 11.1 Å². The molecule has 1 aliphatic heterocycles. The normalized spacial score (nSPS) is 14.7. The summed E-state index contributed by atoms with van der Waals surface area (Å²) in [5.41, 5.74) is 7.99. The molecule has 0 bridgehead atoms. The maximum atomic E-state index is 11.9. The number of anilines is 2. The molecule has 0 spiro atoms. The highest BCUT2D eigenvalue weighted by Gasteiger charge is 2.18. The first-order valence-corrected chi connectivity index (χ1v) is 5.78. The quantitative estimate of drug-likeness (QED) is 0.768. The second-order valence-corrected chi connectivity index (χ2v) is 4.18. The lowest BCUT2D eigenvalue weighted by Crippen LogP contribution is -2.32. The zero-order valence-electron chi connectivity index (χ0n) is 9.78. The van der Waals surface area contributed by atoms with E-state index in [4.69, 9.17) is 5.73 Å². The van der Waals surface area contributed by atoms with Gasteiger partial charge in [0.25, 0.3) is 0 Å². The molecule has 1 saturated heterocycles. The Bertz CT molecular complexity index is 436. The number of benzene rings is 1. The maximum Gasteiger partial charge on any atom is 0.321 e. The summed E-state index contributed by atoms with van der Waals surface area (Å²) in [6.07, 6.45) is 3.89. The van der Waals surface area contributed by atoms with Crippen molar-refractivity contribution in [1.82, 2.24) is 4.90 Å². The highest BCUT2D eigenvalue weighted by Crippen LogP contribution is 2.21. The number of rotatable bonds is 2. The lowest BCUT2D eigenvalue weighted by molar-refractivity contribution is 0.222. The van der Waals surface area contributed by atoms with Crippen molar-refractivity contribution in [2.45, 2.75) is 12.8 Å². The Balaban J connectivity index is 2.11. The van der Waals surface area contributed by atoms with Gasteiger partial charge >= 0.3 is 6.03 Å². The summed E-state index contributed by atoms with van der Waals surface area (Å²) < 4.78 is 0. The average Bonchev–Trinajstić information content (AvgIpc) is 2.85. The van der Waals surface area contributed by atoms with Gasteiger partial charge in [0, 0.05) is 13.1 Å². The predicted octanol–water partition coefficient (Wildman–Crippen LogP) is 2.54. The number of likely N-dealkylation sites (tertiary alicyclic amines) is 1. The van der Waals surface area contributed by atoms with Gasteiger partial charge in [-0.1, -0.05) is 18.7 Å². The molecule has 0 radical (unpaired) electrons.